The van der Waals surface area contributed by atoms with Gasteiger partial charge in [0.05, 0.1) is 19.3 Å². The predicted molar refractivity (Wildman–Crippen MR) is 48.2 cm³/mol. The Bertz CT molecular complexity index is 207. The molecule has 0 aliphatic carbocycles. The highest BCUT2D eigenvalue weighted by atomic mass is 16.5. The van der Waals surface area contributed by atoms with E-state index in [1.807, 2.05) is 0 Å². The molecule has 2 atom stereocenters. The predicted octanol–water partition coefficient (Wildman–Crippen LogP) is -0.474. The first-order valence-electron chi connectivity index (χ1n) is 4.84. The van der Waals surface area contributed by atoms with Gasteiger partial charge in [-0.05, 0) is 0 Å². The first-order chi connectivity index (χ1) is 6.40. The highest BCUT2D eigenvalue weighted by Gasteiger charge is 2.33. The van der Waals surface area contributed by atoms with Crippen molar-refractivity contribution in [2.24, 2.45) is 0 Å². The Balaban J connectivity index is 1.60. The third-order valence-corrected chi connectivity index (χ3v) is 2.67. The molecule has 0 bridgehead atoms. The number of hydrogen-bond acceptors (Lipinski definition) is 4. The van der Waals surface area contributed by atoms with Crippen LogP contribution in [0.3, 0.4) is 0 Å². The minimum Gasteiger partial charge on any atom is -0.379 e. The number of morpholine rings is 1. The van der Waals surface area contributed by atoms with Gasteiger partial charge >= 0.3 is 0 Å². The first kappa shape index (κ1) is 8.95. The summed E-state index contributed by atoms with van der Waals surface area (Å²) >= 11 is 0. The SMILES string of the molecule is N#CC1CN1CCN1CCOCC1. The van der Waals surface area contributed by atoms with E-state index in [1.165, 1.54) is 0 Å². The van der Waals surface area contributed by atoms with Crippen LogP contribution >= 0.6 is 0 Å². The van der Waals surface area contributed by atoms with Gasteiger partial charge < -0.3 is 4.74 Å². The van der Waals surface area contributed by atoms with E-state index in [0.29, 0.717) is 0 Å². The molecular formula is C9H15N3O. The van der Waals surface area contributed by atoms with Crippen LogP contribution in [0.25, 0.3) is 0 Å². The van der Waals surface area contributed by atoms with E-state index in [1.54, 1.807) is 0 Å². The molecule has 2 fully saturated rings. The average Bonchev–Trinajstić information content (AvgIpc) is 2.95. The summed E-state index contributed by atoms with van der Waals surface area (Å²) in [5, 5.41) is 8.59. The third-order valence-electron chi connectivity index (χ3n) is 2.67. The normalized spacial score (nSPS) is 34.1. The van der Waals surface area contributed by atoms with Crippen molar-refractivity contribution in [2.75, 3.05) is 45.9 Å². The molecule has 4 heteroatoms. The Labute approximate surface area is 78.7 Å². The Morgan fingerprint density at radius 3 is 2.69 bits per heavy atom. The summed E-state index contributed by atoms with van der Waals surface area (Å²) < 4.78 is 5.26. The van der Waals surface area contributed by atoms with Gasteiger partial charge in [-0.25, -0.2) is 0 Å². The van der Waals surface area contributed by atoms with E-state index in [9.17, 15) is 0 Å². The van der Waals surface area contributed by atoms with Gasteiger partial charge in [0.2, 0.25) is 0 Å². The van der Waals surface area contributed by atoms with Gasteiger partial charge in [-0.15, -0.1) is 0 Å². The Kier molecular flexibility index (Phi) is 2.79. The minimum absolute atomic E-state index is 0.209. The fourth-order valence-electron chi connectivity index (χ4n) is 1.64. The molecule has 0 radical (unpaired) electrons. The zero-order chi connectivity index (χ0) is 9.10. The summed E-state index contributed by atoms with van der Waals surface area (Å²) in [6.45, 7) is 6.92. The summed E-state index contributed by atoms with van der Waals surface area (Å²) in [7, 11) is 0. The zero-order valence-corrected chi connectivity index (χ0v) is 7.78. The highest BCUT2D eigenvalue weighted by molar-refractivity contribution is 5.05. The fraction of sp³-hybridized carbons (Fsp3) is 0.889. The van der Waals surface area contributed by atoms with E-state index in [2.05, 4.69) is 15.9 Å². The highest BCUT2D eigenvalue weighted by Crippen LogP contribution is 2.14. The van der Waals surface area contributed by atoms with Crippen LogP contribution in [0.15, 0.2) is 0 Å². The molecule has 2 aliphatic heterocycles. The van der Waals surface area contributed by atoms with Crippen LogP contribution in [-0.2, 0) is 4.74 Å². The number of ether oxygens (including phenoxy) is 1. The van der Waals surface area contributed by atoms with Gasteiger partial charge in [0.1, 0.15) is 6.04 Å². The summed E-state index contributed by atoms with van der Waals surface area (Å²) in [5.74, 6) is 0. The van der Waals surface area contributed by atoms with Gasteiger partial charge in [0.15, 0.2) is 0 Å². The lowest BCUT2D eigenvalue weighted by Gasteiger charge is -2.26. The smallest absolute Gasteiger partial charge is 0.111 e. The van der Waals surface area contributed by atoms with Gasteiger partial charge in [-0.3, -0.25) is 9.80 Å². The largest absolute Gasteiger partial charge is 0.379 e. The van der Waals surface area contributed by atoms with Crippen LogP contribution in [0.1, 0.15) is 0 Å². The molecule has 0 aromatic rings. The second-order valence-corrected chi connectivity index (χ2v) is 3.59. The van der Waals surface area contributed by atoms with Crippen molar-refractivity contribution in [1.29, 1.82) is 5.26 Å². The van der Waals surface area contributed by atoms with E-state index < -0.39 is 0 Å². The molecule has 4 nitrogen and oxygen atoms in total. The maximum absolute atomic E-state index is 8.59. The van der Waals surface area contributed by atoms with Crippen LogP contribution in [0.4, 0.5) is 0 Å². The van der Waals surface area contributed by atoms with Gasteiger partial charge in [0, 0.05) is 32.7 Å². The molecule has 0 aromatic carbocycles. The van der Waals surface area contributed by atoms with Crippen molar-refractivity contribution in [1.82, 2.24) is 9.80 Å². The summed E-state index contributed by atoms with van der Waals surface area (Å²) in [6, 6.07) is 2.47. The van der Waals surface area contributed by atoms with Gasteiger partial charge in [-0.2, -0.15) is 5.26 Å². The summed E-state index contributed by atoms with van der Waals surface area (Å²) in [4.78, 5) is 4.60. The second kappa shape index (κ2) is 4.05. The Hall–Kier alpha value is -0.630. The zero-order valence-electron chi connectivity index (χ0n) is 7.78. The third kappa shape index (κ3) is 2.41. The van der Waals surface area contributed by atoms with Crippen LogP contribution in [0.5, 0.6) is 0 Å². The van der Waals surface area contributed by atoms with Crippen LogP contribution in [0, 0.1) is 11.3 Å². The first-order valence-corrected chi connectivity index (χ1v) is 4.84. The van der Waals surface area contributed by atoms with Crippen LogP contribution in [-0.4, -0.2) is 61.8 Å². The molecule has 2 heterocycles. The van der Waals surface area contributed by atoms with E-state index in [4.69, 9.17) is 10.00 Å². The fourth-order valence-corrected chi connectivity index (χ4v) is 1.64. The molecule has 0 saturated carbocycles. The minimum atomic E-state index is 0.209. The van der Waals surface area contributed by atoms with Crippen LogP contribution in [0.2, 0.25) is 0 Å². The number of rotatable bonds is 3. The standard InChI is InChI=1S/C9H15N3O/c10-7-9-8-12(9)2-1-11-3-5-13-6-4-11/h9H,1-6,8H2. The Morgan fingerprint density at radius 1 is 1.31 bits per heavy atom. The topological polar surface area (TPSA) is 39.3 Å². The molecule has 2 unspecified atom stereocenters. The number of nitrogens with zero attached hydrogens (tertiary/aromatic N) is 3. The molecule has 0 amide bonds. The van der Waals surface area contributed by atoms with Crippen molar-refractivity contribution in [3.63, 3.8) is 0 Å². The molecule has 72 valence electrons. The average molecular weight is 181 g/mol. The molecule has 2 aliphatic rings. The number of hydrogen-bond donors (Lipinski definition) is 0. The Morgan fingerprint density at radius 2 is 2.08 bits per heavy atom. The van der Waals surface area contributed by atoms with E-state index >= 15 is 0 Å². The molecule has 2 rings (SSSR count). The molecular weight excluding hydrogens is 166 g/mol. The molecule has 0 spiro atoms. The second-order valence-electron chi connectivity index (χ2n) is 3.59. The van der Waals surface area contributed by atoms with Crippen molar-refractivity contribution >= 4 is 0 Å². The van der Waals surface area contributed by atoms with Crippen molar-refractivity contribution in [3.05, 3.63) is 0 Å². The molecule has 13 heavy (non-hydrogen) atoms. The van der Waals surface area contributed by atoms with Crippen LogP contribution < -0.4 is 0 Å². The van der Waals surface area contributed by atoms with E-state index in [-0.39, 0.29) is 6.04 Å². The molecule has 0 N–H and O–H groups in total. The molecule has 0 aromatic heterocycles. The van der Waals surface area contributed by atoms with Crippen molar-refractivity contribution in [3.8, 4) is 6.07 Å². The number of nitriles is 1. The lowest BCUT2D eigenvalue weighted by molar-refractivity contribution is 0.0367. The summed E-state index contributed by atoms with van der Waals surface area (Å²) in [5.41, 5.74) is 0. The maximum Gasteiger partial charge on any atom is 0.111 e. The summed E-state index contributed by atoms with van der Waals surface area (Å²) in [6.07, 6.45) is 0. The lowest BCUT2D eigenvalue weighted by Crippen LogP contribution is -2.39. The van der Waals surface area contributed by atoms with Crippen molar-refractivity contribution < 1.29 is 4.74 Å². The molecule has 2 saturated heterocycles. The van der Waals surface area contributed by atoms with E-state index in [0.717, 1.165) is 45.9 Å². The van der Waals surface area contributed by atoms with Gasteiger partial charge in [0.25, 0.3) is 0 Å². The monoisotopic (exact) mass is 181 g/mol. The lowest BCUT2D eigenvalue weighted by atomic mass is 10.4. The van der Waals surface area contributed by atoms with Crippen molar-refractivity contribution in [2.45, 2.75) is 6.04 Å². The maximum atomic E-state index is 8.59. The van der Waals surface area contributed by atoms with Gasteiger partial charge in [-0.1, -0.05) is 0 Å². The quantitative estimate of drug-likeness (QED) is 0.552.